The molecular formula is C13H11N5O3. The zero-order chi connectivity index (χ0) is 15.1. The fourth-order valence-corrected chi connectivity index (χ4v) is 1.50. The first-order valence-corrected chi connectivity index (χ1v) is 5.95. The van der Waals surface area contributed by atoms with Gasteiger partial charge in [0.25, 0.3) is 5.69 Å². The Bertz CT molecular complexity index is 700. The number of rotatable bonds is 5. The Balaban J connectivity index is 2.01. The molecule has 0 amide bonds. The van der Waals surface area contributed by atoms with E-state index in [1.165, 1.54) is 18.2 Å². The van der Waals surface area contributed by atoms with Crippen molar-refractivity contribution in [1.29, 1.82) is 0 Å². The van der Waals surface area contributed by atoms with Gasteiger partial charge in [-0.1, -0.05) is 24.3 Å². The van der Waals surface area contributed by atoms with Crippen molar-refractivity contribution >= 4 is 17.1 Å². The Morgan fingerprint density at radius 2 is 1.52 bits per heavy atom. The first kappa shape index (κ1) is 14.3. The van der Waals surface area contributed by atoms with Crippen LogP contribution in [0.15, 0.2) is 69.0 Å². The van der Waals surface area contributed by atoms with Crippen LogP contribution >= 0.6 is 0 Å². The monoisotopic (exact) mass is 285 g/mol. The molecule has 0 saturated carbocycles. The van der Waals surface area contributed by atoms with Gasteiger partial charge in [0, 0.05) is 6.07 Å². The molecule has 0 atom stereocenters. The highest BCUT2D eigenvalue weighted by molar-refractivity contribution is 5.56. The van der Waals surface area contributed by atoms with Crippen LogP contribution in [0.1, 0.15) is 0 Å². The van der Waals surface area contributed by atoms with Gasteiger partial charge in [0.2, 0.25) is 0 Å². The zero-order valence-electron chi connectivity index (χ0n) is 10.8. The molecule has 0 fully saturated rings. The third-order valence-electron chi connectivity index (χ3n) is 2.44. The molecule has 2 aromatic rings. The molecule has 1 N–H and O–H groups in total. The van der Waals surface area contributed by atoms with Crippen LogP contribution < -0.4 is 0 Å². The molecule has 2 rings (SSSR count). The van der Waals surface area contributed by atoms with Crippen LogP contribution in [0.5, 0.6) is 5.75 Å². The molecule has 0 spiro atoms. The standard InChI is InChI=1S/C13H11N5O3/c19-13-8-4-2-6-11(13)17-15-9-14-16-10-5-1-3-7-12(10)18(20)21/h1-8,19H,9H2. The summed E-state index contributed by atoms with van der Waals surface area (Å²) in [5.74, 6) is 0.0110. The highest BCUT2D eigenvalue weighted by Crippen LogP contribution is 2.27. The van der Waals surface area contributed by atoms with Gasteiger partial charge in [-0.2, -0.15) is 15.3 Å². The Hall–Kier alpha value is -3.16. The van der Waals surface area contributed by atoms with Gasteiger partial charge in [0.05, 0.1) is 4.92 Å². The third kappa shape index (κ3) is 3.90. The van der Waals surface area contributed by atoms with Crippen LogP contribution in [0.3, 0.4) is 0 Å². The van der Waals surface area contributed by atoms with Gasteiger partial charge >= 0.3 is 0 Å². The van der Waals surface area contributed by atoms with E-state index in [2.05, 4.69) is 20.5 Å². The van der Waals surface area contributed by atoms with Crippen molar-refractivity contribution in [2.24, 2.45) is 20.5 Å². The summed E-state index contributed by atoms with van der Waals surface area (Å²) >= 11 is 0. The molecule has 0 aliphatic carbocycles. The molecule has 2 aromatic carbocycles. The average Bonchev–Trinajstić information content (AvgIpc) is 2.49. The van der Waals surface area contributed by atoms with E-state index in [1.54, 1.807) is 30.3 Å². The summed E-state index contributed by atoms with van der Waals surface area (Å²) in [6, 6.07) is 12.5. The second-order valence-electron chi connectivity index (χ2n) is 3.86. The Labute approximate surface area is 119 Å². The first-order chi connectivity index (χ1) is 10.2. The average molecular weight is 285 g/mol. The summed E-state index contributed by atoms with van der Waals surface area (Å²) in [5.41, 5.74) is 0.345. The molecule has 0 heterocycles. The first-order valence-electron chi connectivity index (χ1n) is 5.95. The van der Waals surface area contributed by atoms with Crippen molar-refractivity contribution in [3.8, 4) is 5.75 Å². The number of nitrogens with zero attached hydrogens (tertiary/aromatic N) is 5. The fraction of sp³-hybridized carbons (Fsp3) is 0.0769. The number of phenolic OH excluding ortho intramolecular Hbond substituents is 1. The number of azo groups is 2. The minimum absolute atomic E-state index is 0.0110. The van der Waals surface area contributed by atoms with Crippen molar-refractivity contribution in [1.82, 2.24) is 0 Å². The maximum atomic E-state index is 10.8. The molecule has 0 aromatic heterocycles. The van der Waals surface area contributed by atoms with Crippen LogP contribution in [0.4, 0.5) is 17.1 Å². The molecule has 0 saturated heterocycles. The number of aromatic hydroxyl groups is 1. The summed E-state index contributed by atoms with van der Waals surface area (Å²) < 4.78 is 0. The lowest BCUT2D eigenvalue weighted by Crippen LogP contribution is -1.87. The van der Waals surface area contributed by atoms with Gasteiger partial charge in [-0.05, 0) is 18.2 Å². The van der Waals surface area contributed by atoms with Gasteiger partial charge in [0.1, 0.15) is 11.4 Å². The molecule has 0 aliphatic rings. The highest BCUT2D eigenvalue weighted by atomic mass is 16.6. The molecule has 0 aliphatic heterocycles. The van der Waals surface area contributed by atoms with Gasteiger partial charge in [-0.25, -0.2) is 0 Å². The number of nitro benzene ring substituents is 1. The molecule has 21 heavy (non-hydrogen) atoms. The van der Waals surface area contributed by atoms with E-state index in [4.69, 9.17) is 0 Å². The molecular weight excluding hydrogens is 274 g/mol. The number of benzene rings is 2. The fourth-order valence-electron chi connectivity index (χ4n) is 1.50. The van der Waals surface area contributed by atoms with Gasteiger partial charge in [-0.15, -0.1) is 5.11 Å². The Morgan fingerprint density at radius 3 is 2.19 bits per heavy atom. The number of para-hydroxylation sites is 2. The minimum Gasteiger partial charge on any atom is -0.506 e. The van der Waals surface area contributed by atoms with E-state index < -0.39 is 4.92 Å². The third-order valence-corrected chi connectivity index (χ3v) is 2.44. The molecule has 106 valence electrons. The largest absolute Gasteiger partial charge is 0.506 e. The number of nitro groups is 1. The number of phenols is 1. The van der Waals surface area contributed by atoms with E-state index in [9.17, 15) is 15.2 Å². The predicted molar refractivity (Wildman–Crippen MR) is 75.1 cm³/mol. The van der Waals surface area contributed by atoms with Crippen molar-refractivity contribution in [2.75, 3.05) is 6.67 Å². The lowest BCUT2D eigenvalue weighted by atomic mass is 10.3. The topological polar surface area (TPSA) is 113 Å². The lowest BCUT2D eigenvalue weighted by Gasteiger charge is -1.95. The van der Waals surface area contributed by atoms with Crippen LogP contribution in [0.2, 0.25) is 0 Å². The summed E-state index contributed by atoms with van der Waals surface area (Å²) in [4.78, 5) is 10.2. The van der Waals surface area contributed by atoms with Crippen molar-refractivity contribution < 1.29 is 10.0 Å². The quantitative estimate of drug-likeness (QED) is 0.506. The molecule has 8 heteroatoms. The van der Waals surface area contributed by atoms with Gasteiger partial charge < -0.3 is 5.11 Å². The van der Waals surface area contributed by atoms with E-state index in [1.807, 2.05) is 0 Å². The second-order valence-corrected chi connectivity index (χ2v) is 3.86. The predicted octanol–water partition coefficient (Wildman–Crippen LogP) is 4.13. The normalized spacial score (nSPS) is 11.2. The Kier molecular flexibility index (Phi) is 4.65. The van der Waals surface area contributed by atoms with Crippen molar-refractivity contribution in [3.05, 3.63) is 58.6 Å². The molecule has 0 radical (unpaired) electrons. The van der Waals surface area contributed by atoms with Crippen LogP contribution in [0, 0.1) is 10.1 Å². The zero-order valence-corrected chi connectivity index (χ0v) is 10.8. The van der Waals surface area contributed by atoms with E-state index in [0.717, 1.165) is 0 Å². The van der Waals surface area contributed by atoms with E-state index >= 15 is 0 Å². The Morgan fingerprint density at radius 1 is 0.952 bits per heavy atom. The summed E-state index contributed by atoms with van der Waals surface area (Å²) in [6.07, 6.45) is 0. The summed E-state index contributed by atoms with van der Waals surface area (Å²) in [7, 11) is 0. The van der Waals surface area contributed by atoms with Gasteiger partial charge in [-0.3, -0.25) is 10.1 Å². The van der Waals surface area contributed by atoms with Gasteiger partial charge in [0.15, 0.2) is 12.4 Å². The molecule has 0 bridgehead atoms. The lowest BCUT2D eigenvalue weighted by molar-refractivity contribution is -0.384. The summed E-state index contributed by atoms with van der Waals surface area (Å²) in [6.45, 7) is -0.0968. The number of hydrogen-bond donors (Lipinski definition) is 1. The van der Waals surface area contributed by atoms with E-state index in [0.29, 0.717) is 5.69 Å². The SMILES string of the molecule is O=[N+]([O-])c1ccccc1N=NCN=Nc1ccccc1O. The minimum atomic E-state index is -0.530. The van der Waals surface area contributed by atoms with Crippen LogP contribution in [-0.4, -0.2) is 16.7 Å². The maximum Gasteiger partial charge on any atom is 0.296 e. The maximum absolute atomic E-state index is 10.8. The highest BCUT2D eigenvalue weighted by Gasteiger charge is 2.10. The second kappa shape index (κ2) is 6.85. The van der Waals surface area contributed by atoms with Crippen molar-refractivity contribution in [3.63, 3.8) is 0 Å². The smallest absolute Gasteiger partial charge is 0.296 e. The van der Waals surface area contributed by atoms with Crippen LogP contribution in [-0.2, 0) is 0 Å². The molecule has 0 unspecified atom stereocenters. The van der Waals surface area contributed by atoms with Crippen molar-refractivity contribution in [2.45, 2.75) is 0 Å². The number of hydrogen-bond acceptors (Lipinski definition) is 7. The molecule has 8 nitrogen and oxygen atoms in total. The van der Waals surface area contributed by atoms with E-state index in [-0.39, 0.29) is 23.8 Å². The summed E-state index contributed by atoms with van der Waals surface area (Å²) in [5, 5.41) is 35.2. The van der Waals surface area contributed by atoms with Crippen LogP contribution in [0.25, 0.3) is 0 Å².